The zero-order valence-corrected chi connectivity index (χ0v) is 12.5. The Labute approximate surface area is 128 Å². The Morgan fingerprint density at radius 1 is 1.18 bits per heavy atom. The summed E-state index contributed by atoms with van der Waals surface area (Å²) in [5, 5.41) is 2.75. The maximum atomic E-state index is 13.5. The lowest BCUT2D eigenvalue weighted by Gasteiger charge is -2.15. The number of rotatable bonds is 6. The van der Waals surface area contributed by atoms with Crippen LogP contribution in [0.25, 0.3) is 0 Å². The molecule has 0 bridgehead atoms. The smallest absolute Gasteiger partial charge is 0.261 e. The summed E-state index contributed by atoms with van der Waals surface area (Å²) in [5.41, 5.74) is 0.937. The molecule has 2 aromatic rings. The van der Waals surface area contributed by atoms with Crippen molar-refractivity contribution in [2.24, 2.45) is 0 Å². The first-order valence-electron chi connectivity index (χ1n) is 6.92. The molecular weight excluding hydrogens is 285 g/mol. The van der Waals surface area contributed by atoms with Gasteiger partial charge >= 0.3 is 0 Å². The van der Waals surface area contributed by atoms with Crippen LogP contribution in [0.1, 0.15) is 12.5 Å². The first kappa shape index (κ1) is 15.8. The third kappa shape index (κ3) is 4.22. The van der Waals surface area contributed by atoms with E-state index in [1.165, 1.54) is 12.1 Å². The lowest BCUT2D eigenvalue weighted by atomic mass is 10.2. The molecule has 0 saturated carbocycles. The van der Waals surface area contributed by atoms with E-state index in [0.29, 0.717) is 6.54 Å². The van der Waals surface area contributed by atoms with Gasteiger partial charge in [0.05, 0.1) is 7.11 Å². The molecule has 2 aromatic carbocycles. The first-order valence-corrected chi connectivity index (χ1v) is 6.92. The molecule has 0 heterocycles. The van der Waals surface area contributed by atoms with Gasteiger partial charge in [0, 0.05) is 6.54 Å². The summed E-state index contributed by atoms with van der Waals surface area (Å²) < 4.78 is 23.9. The van der Waals surface area contributed by atoms with E-state index < -0.39 is 11.9 Å². The van der Waals surface area contributed by atoms with E-state index in [0.717, 1.165) is 11.3 Å². The summed E-state index contributed by atoms with van der Waals surface area (Å²) in [6.07, 6.45) is -0.782. The molecule has 0 saturated heterocycles. The predicted molar refractivity (Wildman–Crippen MR) is 81.3 cm³/mol. The van der Waals surface area contributed by atoms with Crippen molar-refractivity contribution in [2.75, 3.05) is 7.11 Å². The molecule has 116 valence electrons. The Morgan fingerprint density at radius 3 is 2.50 bits per heavy atom. The fourth-order valence-corrected chi connectivity index (χ4v) is 1.86. The van der Waals surface area contributed by atoms with Crippen LogP contribution in [0.15, 0.2) is 48.5 Å². The number of halogens is 1. The van der Waals surface area contributed by atoms with Crippen molar-refractivity contribution in [2.45, 2.75) is 19.6 Å². The Morgan fingerprint density at radius 2 is 1.86 bits per heavy atom. The van der Waals surface area contributed by atoms with Gasteiger partial charge in [-0.05, 0) is 36.8 Å². The summed E-state index contributed by atoms with van der Waals surface area (Å²) in [5.74, 6) is 0.0253. The van der Waals surface area contributed by atoms with Gasteiger partial charge in [-0.1, -0.05) is 24.3 Å². The van der Waals surface area contributed by atoms with Gasteiger partial charge < -0.3 is 14.8 Å². The van der Waals surface area contributed by atoms with E-state index in [1.807, 2.05) is 24.3 Å². The van der Waals surface area contributed by atoms with Gasteiger partial charge in [-0.15, -0.1) is 0 Å². The van der Waals surface area contributed by atoms with E-state index in [9.17, 15) is 9.18 Å². The van der Waals surface area contributed by atoms with Gasteiger partial charge in [0.2, 0.25) is 0 Å². The maximum absolute atomic E-state index is 13.5. The molecule has 0 aromatic heterocycles. The molecule has 0 spiro atoms. The van der Waals surface area contributed by atoms with Crippen molar-refractivity contribution in [3.05, 3.63) is 59.9 Å². The van der Waals surface area contributed by atoms with Gasteiger partial charge in [0.1, 0.15) is 5.75 Å². The number of nitrogens with one attached hydrogen (secondary N) is 1. The number of hydrogen-bond donors (Lipinski definition) is 1. The van der Waals surface area contributed by atoms with Crippen LogP contribution in [0.5, 0.6) is 11.5 Å². The number of hydrogen-bond acceptors (Lipinski definition) is 3. The van der Waals surface area contributed by atoms with Crippen LogP contribution in [-0.2, 0) is 11.3 Å². The molecule has 1 N–H and O–H groups in total. The maximum Gasteiger partial charge on any atom is 0.261 e. The highest BCUT2D eigenvalue weighted by Crippen LogP contribution is 2.17. The monoisotopic (exact) mass is 303 g/mol. The molecule has 1 amide bonds. The van der Waals surface area contributed by atoms with Crippen molar-refractivity contribution in [1.82, 2.24) is 5.32 Å². The molecule has 4 nitrogen and oxygen atoms in total. The van der Waals surface area contributed by atoms with Crippen molar-refractivity contribution >= 4 is 5.91 Å². The van der Waals surface area contributed by atoms with Gasteiger partial charge in [-0.25, -0.2) is 4.39 Å². The van der Waals surface area contributed by atoms with Crippen LogP contribution in [-0.4, -0.2) is 19.1 Å². The lowest BCUT2D eigenvalue weighted by Crippen LogP contribution is -2.36. The number of amides is 1. The van der Waals surface area contributed by atoms with Crippen LogP contribution in [0.4, 0.5) is 4.39 Å². The molecule has 0 aliphatic rings. The quantitative estimate of drug-likeness (QED) is 0.892. The van der Waals surface area contributed by atoms with Gasteiger partial charge in [-0.2, -0.15) is 0 Å². The van der Waals surface area contributed by atoms with Crippen molar-refractivity contribution in [3.63, 3.8) is 0 Å². The zero-order valence-electron chi connectivity index (χ0n) is 12.5. The predicted octanol–water partition coefficient (Wildman–Crippen LogP) is 2.92. The topological polar surface area (TPSA) is 47.6 Å². The molecule has 0 aliphatic heterocycles. The van der Waals surface area contributed by atoms with Crippen molar-refractivity contribution < 1.29 is 18.7 Å². The fourth-order valence-electron chi connectivity index (χ4n) is 1.86. The molecule has 5 heteroatoms. The van der Waals surface area contributed by atoms with E-state index in [-0.39, 0.29) is 11.7 Å². The van der Waals surface area contributed by atoms with Gasteiger partial charge in [0.15, 0.2) is 17.7 Å². The third-order valence-corrected chi connectivity index (χ3v) is 3.14. The molecule has 0 unspecified atom stereocenters. The Hall–Kier alpha value is -2.56. The average Bonchev–Trinajstić information content (AvgIpc) is 2.55. The van der Waals surface area contributed by atoms with Gasteiger partial charge in [-0.3, -0.25) is 4.79 Å². The molecule has 22 heavy (non-hydrogen) atoms. The van der Waals surface area contributed by atoms with Crippen LogP contribution in [0.3, 0.4) is 0 Å². The van der Waals surface area contributed by atoms with Crippen molar-refractivity contribution in [3.8, 4) is 11.5 Å². The molecule has 0 radical (unpaired) electrons. The minimum atomic E-state index is -0.782. The van der Waals surface area contributed by atoms with E-state index in [1.54, 1.807) is 26.2 Å². The highest BCUT2D eigenvalue weighted by atomic mass is 19.1. The van der Waals surface area contributed by atoms with E-state index >= 15 is 0 Å². The summed E-state index contributed by atoms with van der Waals surface area (Å²) >= 11 is 0. The number of para-hydroxylation sites is 1. The average molecular weight is 303 g/mol. The van der Waals surface area contributed by atoms with Crippen molar-refractivity contribution in [1.29, 1.82) is 0 Å². The Bertz CT molecular complexity index is 628. The normalized spacial score (nSPS) is 11.6. The standard InChI is InChI=1S/C17H18FNO3/c1-12(22-16-6-4-3-5-15(16)18)17(20)19-11-13-7-9-14(21-2)10-8-13/h3-10,12H,11H2,1-2H3,(H,19,20)/t12-/m1/s1. The summed E-state index contributed by atoms with van der Waals surface area (Å²) in [4.78, 5) is 12.0. The number of ether oxygens (including phenoxy) is 2. The lowest BCUT2D eigenvalue weighted by molar-refractivity contribution is -0.127. The number of methoxy groups -OCH3 is 1. The second-order valence-corrected chi connectivity index (χ2v) is 4.76. The van der Waals surface area contributed by atoms with Crippen LogP contribution < -0.4 is 14.8 Å². The van der Waals surface area contributed by atoms with Crippen LogP contribution in [0, 0.1) is 5.82 Å². The van der Waals surface area contributed by atoms with Crippen LogP contribution >= 0.6 is 0 Å². The molecule has 1 atom stereocenters. The molecular formula is C17H18FNO3. The summed E-state index contributed by atoms with van der Waals surface area (Å²) in [7, 11) is 1.60. The molecule has 2 rings (SSSR count). The zero-order chi connectivity index (χ0) is 15.9. The fraction of sp³-hybridized carbons (Fsp3) is 0.235. The number of carbonyl (C=O) groups excluding carboxylic acids is 1. The molecule has 0 aliphatic carbocycles. The first-order chi connectivity index (χ1) is 10.6. The third-order valence-electron chi connectivity index (χ3n) is 3.14. The van der Waals surface area contributed by atoms with Crippen LogP contribution in [0.2, 0.25) is 0 Å². The second-order valence-electron chi connectivity index (χ2n) is 4.76. The largest absolute Gasteiger partial charge is 0.497 e. The Balaban J connectivity index is 1.87. The minimum absolute atomic E-state index is 0.0644. The second kappa shape index (κ2) is 7.45. The summed E-state index contributed by atoms with van der Waals surface area (Å²) in [6, 6.07) is 13.4. The Kier molecular flexibility index (Phi) is 5.36. The van der Waals surface area contributed by atoms with E-state index in [4.69, 9.17) is 9.47 Å². The summed E-state index contributed by atoms with van der Waals surface area (Å²) in [6.45, 7) is 1.95. The minimum Gasteiger partial charge on any atom is -0.497 e. The highest BCUT2D eigenvalue weighted by Gasteiger charge is 2.15. The van der Waals surface area contributed by atoms with E-state index in [2.05, 4.69) is 5.32 Å². The highest BCUT2D eigenvalue weighted by molar-refractivity contribution is 5.80. The molecule has 0 fully saturated rings. The SMILES string of the molecule is COc1ccc(CNC(=O)[C@@H](C)Oc2ccccc2F)cc1. The number of benzene rings is 2. The van der Waals surface area contributed by atoms with Gasteiger partial charge in [0.25, 0.3) is 5.91 Å². The number of carbonyl (C=O) groups is 1.